The Hall–Kier alpha value is -2.18. The molecule has 20 heavy (non-hydrogen) atoms. The Morgan fingerprint density at radius 1 is 1.30 bits per heavy atom. The van der Waals surface area contributed by atoms with Crippen molar-refractivity contribution in [3.8, 4) is 5.95 Å². The van der Waals surface area contributed by atoms with Gasteiger partial charge in [-0.1, -0.05) is 13.3 Å². The maximum absolute atomic E-state index is 5.81. The smallest absolute Gasteiger partial charge is 0.257 e. The van der Waals surface area contributed by atoms with Gasteiger partial charge in [-0.25, -0.2) is 4.68 Å². The first kappa shape index (κ1) is 12.8. The van der Waals surface area contributed by atoms with Crippen LogP contribution in [0.2, 0.25) is 0 Å². The van der Waals surface area contributed by atoms with Crippen molar-refractivity contribution in [2.75, 3.05) is 23.7 Å². The molecule has 0 amide bonds. The highest BCUT2D eigenvalue weighted by Crippen LogP contribution is 2.23. The van der Waals surface area contributed by atoms with E-state index in [9.17, 15) is 0 Å². The fourth-order valence-electron chi connectivity index (χ4n) is 2.58. The molecule has 0 spiro atoms. The number of hydrogen-bond donors (Lipinski definition) is 1. The van der Waals surface area contributed by atoms with Crippen LogP contribution in [0.15, 0.2) is 18.5 Å². The molecule has 1 aliphatic heterocycles. The predicted octanol–water partition coefficient (Wildman–Crippen LogP) is 1.27. The first-order chi connectivity index (χ1) is 9.76. The standard InChI is InChI=1S/C13H19N7/c1-2-10-5-3-7-19(9-10)12-16-11(14)17-13(18-12)20-8-4-6-15-20/h4,6,8,10H,2-3,5,7,9H2,1H3,(H2,14,16,17,18). The van der Waals surface area contributed by atoms with Gasteiger partial charge >= 0.3 is 0 Å². The van der Waals surface area contributed by atoms with Gasteiger partial charge in [0.1, 0.15) is 0 Å². The van der Waals surface area contributed by atoms with Gasteiger partial charge in [-0.2, -0.15) is 20.1 Å². The molecule has 0 aromatic carbocycles. The van der Waals surface area contributed by atoms with Crippen molar-refractivity contribution in [3.05, 3.63) is 18.5 Å². The van der Waals surface area contributed by atoms with Crippen LogP contribution in [0.5, 0.6) is 0 Å². The molecule has 106 valence electrons. The third-order valence-corrected chi connectivity index (χ3v) is 3.72. The second-order valence-electron chi connectivity index (χ2n) is 5.11. The molecule has 1 unspecified atom stereocenters. The summed E-state index contributed by atoms with van der Waals surface area (Å²) in [6, 6.07) is 1.83. The highest BCUT2D eigenvalue weighted by molar-refractivity contribution is 5.38. The maximum Gasteiger partial charge on any atom is 0.257 e. The summed E-state index contributed by atoms with van der Waals surface area (Å²) < 4.78 is 1.60. The minimum atomic E-state index is 0.235. The van der Waals surface area contributed by atoms with Gasteiger partial charge in [-0.3, -0.25) is 0 Å². The van der Waals surface area contributed by atoms with Crippen LogP contribution in [-0.4, -0.2) is 37.8 Å². The van der Waals surface area contributed by atoms with E-state index in [1.807, 2.05) is 6.07 Å². The van der Waals surface area contributed by atoms with E-state index >= 15 is 0 Å². The number of nitrogens with two attached hydrogens (primary N) is 1. The van der Waals surface area contributed by atoms with E-state index in [0.717, 1.165) is 13.1 Å². The first-order valence-corrected chi connectivity index (χ1v) is 7.02. The molecule has 0 aliphatic carbocycles. The Labute approximate surface area is 117 Å². The Bertz CT molecular complexity index is 566. The molecule has 0 bridgehead atoms. The molecule has 3 rings (SSSR count). The molecule has 7 nitrogen and oxygen atoms in total. The van der Waals surface area contributed by atoms with Crippen molar-refractivity contribution in [2.24, 2.45) is 5.92 Å². The molecule has 1 atom stereocenters. The highest BCUT2D eigenvalue weighted by Gasteiger charge is 2.21. The van der Waals surface area contributed by atoms with Crippen LogP contribution in [-0.2, 0) is 0 Å². The van der Waals surface area contributed by atoms with E-state index in [1.54, 1.807) is 17.1 Å². The Morgan fingerprint density at radius 2 is 2.15 bits per heavy atom. The van der Waals surface area contributed by atoms with E-state index in [4.69, 9.17) is 5.73 Å². The monoisotopic (exact) mass is 273 g/mol. The van der Waals surface area contributed by atoms with E-state index in [1.165, 1.54) is 19.3 Å². The van der Waals surface area contributed by atoms with Crippen LogP contribution in [0.25, 0.3) is 5.95 Å². The van der Waals surface area contributed by atoms with E-state index < -0.39 is 0 Å². The molecular weight excluding hydrogens is 254 g/mol. The summed E-state index contributed by atoms with van der Waals surface area (Å²) in [4.78, 5) is 15.1. The number of piperidine rings is 1. The van der Waals surface area contributed by atoms with Gasteiger partial charge in [0.2, 0.25) is 11.9 Å². The van der Waals surface area contributed by atoms with Crippen molar-refractivity contribution in [1.29, 1.82) is 0 Å². The average Bonchev–Trinajstić information content (AvgIpc) is 3.01. The number of nitrogens with zero attached hydrogens (tertiary/aromatic N) is 6. The molecule has 2 aromatic rings. The lowest BCUT2D eigenvalue weighted by molar-refractivity contribution is 0.401. The fraction of sp³-hybridized carbons (Fsp3) is 0.538. The number of anilines is 2. The highest BCUT2D eigenvalue weighted by atomic mass is 15.4. The quantitative estimate of drug-likeness (QED) is 0.906. The van der Waals surface area contributed by atoms with Gasteiger partial charge in [0.15, 0.2) is 0 Å². The van der Waals surface area contributed by atoms with Gasteiger partial charge in [-0.05, 0) is 24.8 Å². The number of nitrogen functional groups attached to an aromatic ring is 1. The van der Waals surface area contributed by atoms with Gasteiger partial charge in [0, 0.05) is 25.5 Å². The second-order valence-corrected chi connectivity index (χ2v) is 5.11. The summed E-state index contributed by atoms with van der Waals surface area (Å²) in [6.45, 7) is 4.18. The zero-order chi connectivity index (χ0) is 13.9. The van der Waals surface area contributed by atoms with Crippen molar-refractivity contribution >= 4 is 11.9 Å². The predicted molar refractivity (Wildman–Crippen MR) is 76.6 cm³/mol. The maximum atomic E-state index is 5.81. The van der Waals surface area contributed by atoms with Crippen molar-refractivity contribution < 1.29 is 0 Å². The van der Waals surface area contributed by atoms with E-state index in [-0.39, 0.29) is 5.95 Å². The molecule has 1 saturated heterocycles. The summed E-state index contributed by atoms with van der Waals surface area (Å²) in [5.41, 5.74) is 5.81. The summed E-state index contributed by atoms with van der Waals surface area (Å²) in [7, 11) is 0. The van der Waals surface area contributed by atoms with Crippen molar-refractivity contribution in [2.45, 2.75) is 26.2 Å². The van der Waals surface area contributed by atoms with Gasteiger partial charge in [0.25, 0.3) is 5.95 Å². The molecule has 0 radical (unpaired) electrons. The molecule has 7 heteroatoms. The average molecular weight is 273 g/mol. The topological polar surface area (TPSA) is 85.8 Å². The lowest BCUT2D eigenvalue weighted by atomic mass is 9.96. The first-order valence-electron chi connectivity index (χ1n) is 7.02. The second kappa shape index (κ2) is 5.44. The zero-order valence-corrected chi connectivity index (χ0v) is 11.6. The van der Waals surface area contributed by atoms with E-state index in [2.05, 4.69) is 31.9 Å². The Morgan fingerprint density at radius 3 is 2.90 bits per heavy atom. The lowest BCUT2D eigenvalue weighted by Crippen LogP contribution is -2.36. The van der Waals surface area contributed by atoms with Crippen LogP contribution in [0.4, 0.5) is 11.9 Å². The summed E-state index contributed by atoms with van der Waals surface area (Å²) in [5.74, 6) is 2.06. The van der Waals surface area contributed by atoms with E-state index in [0.29, 0.717) is 17.8 Å². The molecule has 3 heterocycles. The SMILES string of the molecule is CCC1CCCN(c2nc(N)nc(-n3cccn3)n2)C1. The summed E-state index contributed by atoms with van der Waals surface area (Å²) >= 11 is 0. The third kappa shape index (κ3) is 2.56. The molecule has 1 aliphatic rings. The van der Waals surface area contributed by atoms with Crippen molar-refractivity contribution in [3.63, 3.8) is 0 Å². The van der Waals surface area contributed by atoms with Crippen LogP contribution >= 0.6 is 0 Å². The number of rotatable bonds is 3. The van der Waals surface area contributed by atoms with Crippen molar-refractivity contribution in [1.82, 2.24) is 24.7 Å². The minimum absolute atomic E-state index is 0.235. The fourth-order valence-corrected chi connectivity index (χ4v) is 2.58. The lowest BCUT2D eigenvalue weighted by Gasteiger charge is -2.32. The molecule has 2 aromatic heterocycles. The normalized spacial score (nSPS) is 19.2. The third-order valence-electron chi connectivity index (χ3n) is 3.72. The van der Waals surface area contributed by atoms with Crippen LogP contribution in [0.3, 0.4) is 0 Å². The van der Waals surface area contributed by atoms with Crippen LogP contribution in [0, 0.1) is 5.92 Å². The molecule has 0 saturated carbocycles. The largest absolute Gasteiger partial charge is 0.368 e. The van der Waals surface area contributed by atoms with Crippen LogP contribution in [0.1, 0.15) is 26.2 Å². The Kier molecular flexibility index (Phi) is 3.49. The molecule has 2 N–H and O–H groups in total. The minimum Gasteiger partial charge on any atom is -0.368 e. The van der Waals surface area contributed by atoms with Crippen LogP contribution < -0.4 is 10.6 Å². The number of aromatic nitrogens is 5. The summed E-state index contributed by atoms with van der Waals surface area (Å²) in [6.07, 6.45) is 7.11. The van der Waals surface area contributed by atoms with Gasteiger partial charge in [-0.15, -0.1) is 0 Å². The summed E-state index contributed by atoms with van der Waals surface area (Å²) in [5, 5.41) is 4.13. The number of hydrogen-bond acceptors (Lipinski definition) is 6. The Balaban J connectivity index is 1.89. The molecule has 1 fully saturated rings. The van der Waals surface area contributed by atoms with Gasteiger partial charge in [0.05, 0.1) is 0 Å². The zero-order valence-electron chi connectivity index (χ0n) is 11.6. The molecular formula is C13H19N7. The van der Waals surface area contributed by atoms with Gasteiger partial charge < -0.3 is 10.6 Å².